The molecule has 0 spiro atoms. The highest BCUT2D eigenvalue weighted by Crippen LogP contribution is 1.97. The molecule has 0 amide bonds. The summed E-state index contributed by atoms with van der Waals surface area (Å²) in [6.07, 6.45) is 0. The molecule has 0 atom stereocenters. The molecular weight excluding hydrogens is 146 g/mol. The largest absolute Gasteiger partial charge is 0.480 e. The Bertz CT molecular complexity index is 190. The molecule has 0 aliphatic carbocycles. The first-order valence-electron chi connectivity index (χ1n) is 3.43. The summed E-state index contributed by atoms with van der Waals surface area (Å²) in [5.41, 5.74) is 0. The van der Waals surface area contributed by atoms with E-state index < -0.39 is 5.97 Å². The van der Waals surface area contributed by atoms with Gasteiger partial charge < -0.3 is 15.3 Å². The van der Waals surface area contributed by atoms with Crippen molar-refractivity contribution in [3.63, 3.8) is 0 Å². The van der Waals surface area contributed by atoms with Crippen LogP contribution in [0.2, 0.25) is 0 Å². The van der Waals surface area contributed by atoms with Gasteiger partial charge in [0.1, 0.15) is 6.54 Å². The van der Waals surface area contributed by atoms with Crippen LogP contribution in [-0.2, 0) is 4.79 Å². The first kappa shape index (κ1) is 7.84. The van der Waals surface area contributed by atoms with Crippen molar-refractivity contribution in [1.82, 2.24) is 10.2 Å². The number of hydrogen-bond donors (Lipinski definition) is 2. The zero-order valence-corrected chi connectivity index (χ0v) is 6.37. The number of aliphatic carboxylic acids is 1. The first-order valence-corrected chi connectivity index (χ1v) is 3.43. The summed E-state index contributed by atoms with van der Waals surface area (Å²) >= 11 is 0. The average molecular weight is 157 g/mol. The van der Waals surface area contributed by atoms with E-state index in [9.17, 15) is 4.79 Å². The molecule has 11 heavy (non-hydrogen) atoms. The van der Waals surface area contributed by atoms with Crippen molar-refractivity contribution in [1.29, 1.82) is 0 Å². The van der Waals surface area contributed by atoms with Crippen LogP contribution in [0.3, 0.4) is 0 Å². The van der Waals surface area contributed by atoms with E-state index in [1.54, 1.807) is 11.9 Å². The van der Waals surface area contributed by atoms with Crippen LogP contribution >= 0.6 is 0 Å². The smallest absolute Gasteiger partial charge is 0.323 e. The highest BCUT2D eigenvalue weighted by Gasteiger charge is 2.17. The fourth-order valence-corrected chi connectivity index (χ4v) is 1.04. The quantitative estimate of drug-likeness (QED) is 0.537. The third kappa shape index (κ3) is 1.83. The maximum atomic E-state index is 10.3. The highest BCUT2D eigenvalue weighted by atomic mass is 16.4. The van der Waals surface area contributed by atoms with Crippen LogP contribution in [0.15, 0.2) is 4.99 Å². The molecule has 62 valence electrons. The summed E-state index contributed by atoms with van der Waals surface area (Å²) in [6, 6.07) is 0. The lowest BCUT2D eigenvalue weighted by atomic mass is 10.5. The Hall–Kier alpha value is -1.26. The molecule has 0 fully saturated rings. The lowest BCUT2D eigenvalue weighted by Gasteiger charge is -2.16. The average Bonchev–Trinajstić information content (AvgIpc) is 2.34. The predicted molar refractivity (Wildman–Crippen MR) is 40.6 cm³/mol. The van der Waals surface area contributed by atoms with Crippen LogP contribution in [0, 0.1) is 0 Å². The molecule has 2 N–H and O–H groups in total. The third-order valence-corrected chi connectivity index (χ3v) is 1.48. The van der Waals surface area contributed by atoms with E-state index in [1.165, 1.54) is 0 Å². The molecule has 1 aliphatic heterocycles. The number of rotatable bonds is 2. The standard InChI is InChI=1S/C6H11N3O2/c1-7-6-8-2-3-9(6)4-5(10)11/h2-4H2,1H3,(H,7,8)(H,10,11). The summed E-state index contributed by atoms with van der Waals surface area (Å²) < 4.78 is 0. The van der Waals surface area contributed by atoms with Crippen LogP contribution in [-0.4, -0.2) is 48.6 Å². The van der Waals surface area contributed by atoms with E-state index in [0.717, 1.165) is 0 Å². The van der Waals surface area contributed by atoms with Crippen molar-refractivity contribution in [3.8, 4) is 0 Å². The van der Waals surface area contributed by atoms with Crippen molar-refractivity contribution < 1.29 is 9.90 Å². The van der Waals surface area contributed by atoms with E-state index in [2.05, 4.69) is 10.3 Å². The normalized spacial score (nSPS) is 16.5. The zero-order valence-electron chi connectivity index (χ0n) is 6.37. The topological polar surface area (TPSA) is 64.9 Å². The molecule has 1 heterocycles. The highest BCUT2D eigenvalue weighted by molar-refractivity contribution is 5.84. The minimum atomic E-state index is -0.824. The minimum absolute atomic E-state index is 0.0275. The molecule has 0 aromatic carbocycles. The Labute approximate surface area is 64.7 Å². The molecule has 0 saturated carbocycles. The van der Waals surface area contributed by atoms with Crippen molar-refractivity contribution in [2.45, 2.75) is 0 Å². The van der Waals surface area contributed by atoms with Crippen LogP contribution in [0.4, 0.5) is 0 Å². The minimum Gasteiger partial charge on any atom is -0.480 e. The Balaban J connectivity index is 2.46. The van der Waals surface area contributed by atoms with Crippen LogP contribution in [0.5, 0.6) is 0 Å². The Morgan fingerprint density at radius 1 is 1.91 bits per heavy atom. The molecule has 0 radical (unpaired) electrons. The van der Waals surface area contributed by atoms with Gasteiger partial charge in [0.25, 0.3) is 0 Å². The number of carboxylic acid groups (broad SMARTS) is 1. The second kappa shape index (κ2) is 3.23. The molecule has 5 heteroatoms. The van der Waals surface area contributed by atoms with Crippen molar-refractivity contribution in [2.24, 2.45) is 4.99 Å². The number of carboxylic acids is 1. The number of hydrogen-bond acceptors (Lipinski definition) is 4. The van der Waals surface area contributed by atoms with Gasteiger partial charge in [-0.15, -0.1) is 0 Å². The number of nitrogens with one attached hydrogen (secondary N) is 1. The summed E-state index contributed by atoms with van der Waals surface area (Å²) in [6.45, 7) is 1.41. The van der Waals surface area contributed by atoms with Crippen LogP contribution in [0.1, 0.15) is 0 Å². The number of carbonyl (C=O) groups is 1. The van der Waals surface area contributed by atoms with Gasteiger partial charge in [0.2, 0.25) is 0 Å². The van der Waals surface area contributed by atoms with Crippen LogP contribution in [0.25, 0.3) is 0 Å². The van der Waals surface area contributed by atoms with E-state index in [0.29, 0.717) is 19.0 Å². The fourth-order valence-electron chi connectivity index (χ4n) is 1.04. The molecule has 1 aliphatic rings. The van der Waals surface area contributed by atoms with Gasteiger partial charge >= 0.3 is 5.97 Å². The lowest BCUT2D eigenvalue weighted by Crippen LogP contribution is -2.39. The Kier molecular flexibility index (Phi) is 2.30. The zero-order chi connectivity index (χ0) is 8.27. The number of aliphatic imine (C=N–C) groups is 1. The first-order chi connectivity index (χ1) is 5.24. The van der Waals surface area contributed by atoms with Gasteiger partial charge in [0.05, 0.1) is 6.54 Å². The SMILES string of the molecule is CNC1=NCCN1CC(=O)O. The van der Waals surface area contributed by atoms with Crippen molar-refractivity contribution in [2.75, 3.05) is 26.7 Å². The molecule has 0 saturated heterocycles. The summed E-state index contributed by atoms with van der Waals surface area (Å²) in [4.78, 5) is 16.0. The maximum Gasteiger partial charge on any atom is 0.323 e. The van der Waals surface area contributed by atoms with Crippen molar-refractivity contribution >= 4 is 11.9 Å². The van der Waals surface area contributed by atoms with Crippen LogP contribution < -0.4 is 5.32 Å². The molecule has 0 aromatic heterocycles. The monoisotopic (exact) mass is 157 g/mol. The number of nitrogens with zero attached hydrogens (tertiary/aromatic N) is 2. The summed E-state index contributed by atoms with van der Waals surface area (Å²) in [5, 5.41) is 11.3. The maximum absolute atomic E-state index is 10.3. The van der Waals surface area contributed by atoms with E-state index in [4.69, 9.17) is 5.11 Å². The number of guanidine groups is 1. The molecule has 0 unspecified atom stereocenters. The van der Waals surface area contributed by atoms with E-state index in [-0.39, 0.29) is 6.54 Å². The second-order valence-corrected chi connectivity index (χ2v) is 2.27. The predicted octanol–water partition coefficient (Wildman–Crippen LogP) is -1.04. The molecule has 0 aromatic rings. The van der Waals surface area contributed by atoms with Gasteiger partial charge in [-0.1, -0.05) is 0 Å². The van der Waals surface area contributed by atoms with Gasteiger partial charge in [-0.2, -0.15) is 0 Å². The lowest BCUT2D eigenvalue weighted by molar-refractivity contribution is -0.137. The van der Waals surface area contributed by atoms with Gasteiger partial charge in [-0.05, 0) is 0 Å². The van der Waals surface area contributed by atoms with E-state index >= 15 is 0 Å². The van der Waals surface area contributed by atoms with Gasteiger partial charge in [-0.25, -0.2) is 0 Å². The van der Waals surface area contributed by atoms with Crippen molar-refractivity contribution in [3.05, 3.63) is 0 Å². The Morgan fingerprint density at radius 2 is 2.64 bits per heavy atom. The molecule has 0 bridgehead atoms. The molecular formula is C6H11N3O2. The Morgan fingerprint density at radius 3 is 3.18 bits per heavy atom. The summed E-state index contributed by atoms with van der Waals surface area (Å²) in [5.74, 6) is -0.151. The van der Waals surface area contributed by atoms with E-state index in [1.807, 2.05) is 0 Å². The second-order valence-electron chi connectivity index (χ2n) is 2.27. The van der Waals surface area contributed by atoms with Gasteiger partial charge in [0, 0.05) is 13.6 Å². The van der Waals surface area contributed by atoms with Gasteiger partial charge in [-0.3, -0.25) is 9.79 Å². The summed E-state index contributed by atoms with van der Waals surface area (Å²) in [7, 11) is 1.74. The molecule has 1 rings (SSSR count). The fraction of sp³-hybridized carbons (Fsp3) is 0.667. The third-order valence-electron chi connectivity index (χ3n) is 1.48. The van der Waals surface area contributed by atoms with Gasteiger partial charge in [0.15, 0.2) is 5.96 Å². The molecule has 5 nitrogen and oxygen atoms in total.